The number of amides is 1. The molecular weight excluding hydrogens is 400 g/mol. The van der Waals surface area contributed by atoms with Gasteiger partial charge in [0.15, 0.2) is 23.0 Å². The standard InChI is InChI=1S/C21H22N6O2S/c1-21(2)20(28)27(17-4-3-11-30-17)19-16(29-21)13-24-18(25-19)15-6-5-14(12-23-15)26-9-7-22-8-10-26/h3-6,11-13,22H,7-10H2,1-2H3. The van der Waals surface area contributed by atoms with Gasteiger partial charge < -0.3 is 15.0 Å². The van der Waals surface area contributed by atoms with Crippen molar-refractivity contribution in [1.82, 2.24) is 20.3 Å². The number of rotatable bonds is 3. The quantitative estimate of drug-likeness (QED) is 0.695. The number of pyridine rings is 1. The van der Waals surface area contributed by atoms with Crippen molar-refractivity contribution in [2.24, 2.45) is 0 Å². The van der Waals surface area contributed by atoms with E-state index in [1.165, 1.54) is 11.3 Å². The van der Waals surface area contributed by atoms with Crippen LogP contribution in [-0.2, 0) is 4.79 Å². The first-order valence-electron chi connectivity index (χ1n) is 9.89. The number of hydrogen-bond donors (Lipinski definition) is 1. The number of aromatic nitrogens is 3. The first-order chi connectivity index (χ1) is 14.5. The molecule has 30 heavy (non-hydrogen) atoms. The fourth-order valence-electron chi connectivity index (χ4n) is 3.63. The van der Waals surface area contributed by atoms with E-state index in [-0.39, 0.29) is 5.91 Å². The van der Waals surface area contributed by atoms with Crippen molar-refractivity contribution in [2.45, 2.75) is 19.4 Å². The van der Waals surface area contributed by atoms with Crippen molar-refractivity contribution in [3.63, 3.8) is 0 Å². The van der Waals surface area contributed by atoms with Crippen LogP contribution in [0.4, 0.5) is 16.5 Å². The monoisotopic (exact) mass is 422 g/mol. The van der Waals surface area contributed by atoms with E-state index in [0.29, 0.717) is 23.1 Å². The van der Waals surface area contributed by atoms with Crippen LogP contribution in [0.2, 0.25) is 0 Å². The van der Waals surface area contributed by atoms with E-state index in [9.17, 15) is 4.79 Å². The lowest BCUT2D eigenvalue weighted by molar-refractivity contribution is -0.131. The summed E-state index contributed by atoms with van der Waals surface area (Å²) in [5.41, 5.74) is 0.740. The SMILES string of the molecule is CC1(C)Oc2cnc(-c3ccc(N4CCNCC4)cn3)nc2N(c2cccs2)C1=O. The van der Waals surface area contributed by atoms with Gasteiger partial charge in [0.25, 0.3) is 5.91 Å². The van der Waals surface area contributed by atoms with Gasteiger partial charge in [-0.25, -0.2) is 14.9 Å². The fraction of sp³-hybridized carbons (Fsp3) is 0.333. The predicted octanol–water partition coefficient (Wildman–Crippen LogP) is 2.85. The summed E-state index contributed by atoms with van der Waals surface area (Å²) in [6.45, 7) is 7.37. The highest BCUT2D eigenvalue weighted by molar-refractivity contribution is 7.14. The molecule has 0 saturated carbocycles. The molecule has 0 spiro atoms. The average Bonchev–Trinajstić information content (AvgIpc) is 3.29. The molecule has 1 N–H and O–H groups in total. The van der Waals surface area contributed by atoms with Gasteiger partial charge in [0.2, 0.25) is 0 Å². The van der Waals surface area contributed by atoms with Gasteiger partial charge >= 0.3 is 0 Å². The molecule has 1 fully saturated rings. The maximum atomic E-state index is 13.1. The molecule has 3 aromatic heterocycles. The zero-order valence-electron chi connectivity index (χ0n) is 16.8. The summed E-state index contributed by atoms with van der Waals surface area (Å²) in [7, 11) is 0. The second kappa shape index (κ2) is 7.33. The Balaban J connectivity index is 1.51. The lowest BCUT2D eigenvalue weighted by atomic mass is 10.1. The van der Waals surface area contributed by atoms with Gasteiger partial charge in [0.05, 0.1) is 18.1 Å². The highest BCUT2D eigenvalue weighted by atomic mass is 32.1. The van der Waals surface area contributed by atoms with Gasteiger partial charge in [-0.3, -0.25) is 9.78 Å². The summed E-state index contributed by atoms with van der Waals surface area (Å²) < 4.78 is 5.90. The van der Waals surface area contributed by atoms with E-state index < -0.39 is 5.60 Å². The molecule has 0 atom stereocenters. The van der Waals surface area contributed by atoms with E-state index in [4.69, 9.17) is 4.74 Å². The summed E-state index contributed by atoms with van der Waals surface area (Å²) in [5.74, 6) is 1.22. The van der Waals surface area contributed by atoms with E-state index in [1.54, 1.807) is 24.9 Å². The van der Waals surface area contributed by atoms with Gasteiger partial charge in [-0.1, -0.05) is 0 Å². The molecule has 9 heteroatoms. The van der Waals surface area contributed by atoms with Gasteiger partial charge in [-0.2, -0.15) is 0 Å². The van der Waals surface area contributed by atoms with E-state index >= 15 is 0 Å². The molecule has 0 aromatic carbocycles. The van der Waals surface area contributed by atoms with Crippen LogP contribution >= 0.6 is 11.3 Å². The number of ether oxygens (including phenoxy) is 1. The lowest BCUT2D eigenvalue weighted by Crippen LogP contribution is -2.50. The molecule has 8 nitrogen and oxygen atoms in total. The zero-order chi connectivity index (χ0) is 20.7. The molecule has 5 heterocycles. The molecule has 0 bridgehead atoms. The van der Waals surface area contributed by atoms with Crippen LogP contribution in [0.3, 0.4) is 0 Å². The van der Waals surface area contributed by atoms with Crippen LogP contribution in [0.25, 0.3) is 11.5 Å². The van der Waals surface area contributed by atoms with Gasteiger partial charge in [-0.05, 0) is 43.5 Å². The summed E-state index contributed by atoms with van der Waals surface area (Å²) in [6.07, 6.45) is 3.48. The van der Waals surface area contributed by atoms with Gasteiger partial charge in [0, 0.05) is 26.2 Å². The van der Waals surface area contributed by atoms with Crippen molar-refractivity contribution in [1.29, 1.82) is 0 Å². The Morgan fingerprint density at radius 1 is 1.13 bits per heavy atom. The number of thiophene rings is 1. The highest BCUT2D eigenvalue weighted by Crippen LogP contribution is 2.42. The maximum absolute atomic E-state index is 13.1. The first-order valence-corrected chi connectivity index (χ1v) is 10.8. The Bertz CT molecular complexity index is 1060. The minimum absolute atomic E-state index is 0.163. The number of carbonyl (C=O) groups excluding carboxylic acids is 1. The van der Waals surface area contributed by atoms with E-state index in [1.807, 2.05) is 35.8 Å². The molecule has 0 aliphatic carbocycles. The third-order valence-electron chi connectivity index (χ3n) is 5.22. The van der Waals surface area contributed by atoms with Crippen molar-refractivity contribution in [2.75, 3.05) is 36.0 Å². The highest BCUT2D eigenvalue weighted by Gasteiger charge is 2.43. The Morgan fingerprint density at radius 3 is 2.67 bits per heavy atom. The molecule has 0 unspecified atom stereocenters. The number of anilines is 3. The van der Waals surface area contributed by atoms with Crippen LogP contribution in [-0.4, -0.2) is 52.6 Å². The summed E-state index contributed by atoms with van der Waals surface area (Å²) in [5, 5.41) is 6.08. The second-order valence-corrected chi connectivity index (χ2v) is 8.65. The number of nitrogens with zero attached hydrogens (tertiary/aromatic N) is 5. The fourth-order valence-corrected chi connectivity index (χ4v) is 4.36. The van der Waals surface area contributed by atoms with Crippen molar-refractivity contribution in [3.05, 3.63) is 42.0 Å². The van der Waals surface area contributed by atoms with Gasteiger partial charge in [-0.15, -0.1) is 11.3 Å². The number of fused-ring (bicyclic) bond motifs is 1. The predicted molar refractivity (Wildman–Crippen MR) is 117 cm³/mol. The Labute approximate surface area is 178 Å². The molecule has 3 aromatic rings. The van der Waals surface area contributed by atoms with Gasteiger partial charge in [0.1, 0.15) is 10.7 Å². The molecule has 2 aliphatic rings. The maximum Gasteiger partial charge on any atom is 0.277 e. The number of hydrogen-bond acceptors (Lipinski definition) is 8. The summed E-state index contributed by atoms with van der Waals surface area (Å²) in [6, 6.07) is 7.77. The third-order valence-corrected chi connectivity index (χ3v) is 6.07. The van der Waals surface area contributed by atoms with Crippen LogP contribution in [0, 0.1) is 0 Å². The van der Waals surface area contributed by atoms with Crippen LogP contribution in [0.15, 0.2) is 42.0 Å². The molecule has 2 aliphatic heterocycles. The minimum atomic E-state index is -0.995. The van der Waals surface area contributed by atoms with Crippen LogP contribution in [0.5, 0.6) is 5.75 Å². The molecular formula is C21H22N6O2S. The minimum Gasteiger partial charge on any atom is -0.472 e. The molecule has 154 valence electrons. The lowest BCUT2D eigenvalue weighted by Gasteiger charge is -2.36. The first kappa shape index (κ1) is 19.0. The third kappa shape index (κ3) is 3.29. The summed E-state index contributed by atoms with van der Waals surface area (Å²) in [4.78, 5) is 30.7. The summed E-state index contributed by atoms with van der Waals surface area (Å²) >= 11 is 1.48. The van der Waals surface area contributed by atoms with Crippen molar-refractivity contribution < 1.29 is 9.53 Å². The molecule has 0 radical (unpaired) electrons. The Hall–Kier alpha value is -3.04. The number of carbonyl (C=O) groups is 1. The number of piperazine rings is 1. The Kier molecular flexibility index (Phi) is 4.63. The topological polar surface area (TPSA) is 83.5 Å². The zero-order valence-corrected chi connectivity index (χ0v) is 17.6. The van der Waals surface area contributed by atoms with E-state index in [2.05, 4.69) is 25.2 Å². The molecule has 1 saturated heterocycles. The smallest absolute Gasteiger partial charge is 0.277 e. The normalized spacial score (nSPS) is 18.1. The average molecular weight is 423 g/mol. The Morgan fingerprint density at radius 2 is 1.97 bits per heavy atom. The van der Waals surface area contributed by atoms with Crippen molar-refractivity contribution in [3.8, 4) is 17.3 Å². The largest absolute Gasteiger partial charge is 0.472 e. The van der Waals surface area contributed by atoms with Crippen LogP contribution in [0.1, 0.15) is 13.8 Å². The molecule has 5 rings (SSSR count). The van der Waals surface area contributed by atoms with E-state index in [0.717, 1.165) is 36.9 Å². The molecule has 1 amide bonds. The van der Waals surface area contributed by atoms with Crippen molar-refractivity contribution >= 4 is 33.8 Å². The van der Waals surface area contributed by atoms with Crippen LogP contribution < -0.4 is 19.9 Å². The number of nitrogens with one attached hydrogen (secondary N) is 1. The second-order valence-electron chi connectivity index (χ2n) is 7.72.